The number of halogens is 2. The Hall–Kier alpha value is -2.22. The van der Waals surface area contributed by atoms with Gasteiger partial charge in [-0.2, -0.15) is 13.8 Å². The van der Waals surface area contributed by atoms with Gasteiger partial charge < -0.3 is 19.4 Å². The minimum atomic E-state index is -4.52. The number of ether oxygens (including phenoxy) is 1. The van der Waals surface area contributed by atoms with Crippen molar-refractivity contribution in [3.05, 3.63) is 22.7 Å². The molecular weight excluding hydrogens is 436 g/mol. The summed E-state index contributed by atoms with van der Waals surface area (Å²) in [4.78, 5) is 38.8. The topological polar surface area (TPSA) is 140 Å². The normalized spacial score (nSPS) is 14.6. The van der Waals surface area contributed by atoms with Crippen molar-refractivity contribution in [2.45, 2.75) is 64.0 Å². The van der Waals surface area contributed by atoms with E-state index in [-0.39, 0.29) is 22.0 Å². The van der Waals surface area contributed by atoms with Crippen LogP contribution < -0.4 is 11.0 Å². The third-order valence-corrected chi connectivity index (χ3v) is 9.47. The summed E-state index contributed by atoms with van der Waals surface area (Å²) in [5.41, 5.74) is -1.42. The van der Waals surface area contributed by atoms with Crippen molar-refractivity contribution in [3.63, 3.8) is 0 Å². The van der Waals surface area contributed by atoms with Gasteiger partial charge in [0.15, 0.2) is 14.4 Å². The molecule has 2 atom stereocenters. The number of aromatic nitrogens is 2. The van der Waals surface area contributed by atoms with Crippen molar-refractivity contribution in [1.82, 2.24) is 9.55 Å². The van der Waals surface area contributed by atoms with Crippen LogP contribution >= 0.6 is 0 Å². The van der Waals surface area contributed by atoms with Crippen molar-refractivity contribution in [1.29, 1.82) is 0 Å². The summed E-state index contributed by atoms with van der Waals surface area (Å²) in [6.45, 7) is 10.3. The van der Waals surface area contributed by atoms with E-state index in [0.29, 0.717) is 6.20 Å². The first-order valence-corrected chi connectivity index (χ1v) is 12.4. The van der Waals surface area contributed by atoms with Gasteiger partial charge in [0.1, 0.15) is 11.9 Å². The van der Waals surface area contributed by atoms with E-state index in [2.05, 4.69) is 15.0 Å². The first-order valence-electron chi connectivity index (χ1n) is 9.50. The van der Waals surface area contributed by atoms with E-state index in [1.54, 1.807) is 6.92 Å². The molecule has 0 aliphatic rings. The lowest BCUT2D eigenvalue weighted by molar-refractivity contribution is -0.135. The maximum absolute atomic E-state index is 14.5. The number of carbonyl (C=O) groups excluding carboxylic acids is 2. The monoisotopic (exact) mass is 465 g/mol. The van der Waals surface area contributed by atoms with Gasteiger partial charge in [0.05, 0.1) is 13.2 Å². The molecule has 1 heterocycles. The lowest BCUT2D eigenvalue weighted by Crippen LogP contribution is -2.54. The number of aliphatic hydroxyl groups is 2. The van der Waals surface area contributed by atoms with Gasteiger partial charge in [-0.25, -0.2) is 14.2 Å². The van der Waals surface area contributed by atoms with E-state index in [1.165, 1.54) is 0 Å². The molecule has 0 bridgehead atoms. The maximum Gasteiger partial charge on any atom is 0.412 e. The highest BCUT2D eigenvalue weighted by atomic mass is 28.4. The lowest BCUT2D eigenvalue weighted by atomic mass is 10.1. The smallest absolute Gasteiger partial charge is 0.412 e. The highest BCUT2D eigenvalue weighted by Gasteiger charge is 2.51. The van der Waals surface area contributed by atoms with Crippen molar-refractivity contribution in [2.75, 3.05) is 18.5 Å². The van der Waals surface area contributed by atoms with Gasteiger partial charge in [-0.15, -0.1) is 0 Å². The third kappa shape index (κ3) is 6.63. The molecule has 1 aromatic heterocycles. The molecule has 176 valence electrons. The zero-order valence-electron chi connectivity index (χ0n) is 18.3. The summed E-state index contributed by atoms with van der Waals surface area (Å²) in [5, 5.41) is 21.7. The molecule has 0 saturated carbocycles. The van der Waals surface area contributed by atoms with E-state index in [0.717, 1.165) is 6.07 Å². The molecule has 1 amide bonds. The number of nitrogens with zero attached hydrogens (tertiary/aromatic N) is 2. The van der Waals surface area contributed by atoms with Crippen LogP contribution in [0.3, 0.4) is 0 Å². The van der Waals surface area contributed by atoms with Crippen LogP contribution in [0.4, 0.5) is 19.4 Å². The Bertz CT molecular complexity index is 855. The number of alkyl halides is 2. The highest BCUT2D eigenvalue weighted by molar-refractivity contribution is 6.74. The van der Waals surface area contributed by atoms with Crippen LogP contribution in [0.5, 0.6) is 0 Å². The minimum Gasteiger partial charge on any atom is -0.450 e. The molecule has 0 radical (unpaired) electrons. The number of hydrogen-bond donors (Lipinski definition) is 3. The van der Waals surface area contributed by atoms with E-state index in [4.69, 9.17) is 4.43 Å². The zero-order chi connectivity index (χ0) is 24.2. The van der Waals surface area contributed by atoms with E-state index < -0.39 is 50.7 Å². The number of rotatable bonds is 8. The Morgan fingerprint density at radius 3 is 2.35 bits per heavy atom. The Morgan fingerprint density at radius 1 is 1.29 bits per heavy atom. The van der Waals surface area contributed by atoms with Gasteiger partial charge >= 0.3 is 23.6 Å². The second-order valence-corrected chi connectivity index (χ2v) is 13.1. The average molecular weight is 466 g/mol. The van der Waals surface area contributed by atoms with Gasteiger partial charge in [-0.3, -0.25) is 10.1 Å². The fraction of sp³-hybridized carbons (Fsp3) is 0.667. The summed E-state index contributed by atoms with van der Waals surface area (Å²) in [6, 6.07) is 0.926. The van der Waals surface area contributed by atoms with Crippen LogP contribution in [-0.4, -0.2) is 71.4 Å². The molecule has 0 aliphatic carbocycles. The summed E-state index contributed by atoms with van der Waals surface area (Å²) in [5.74, 6) is -6.93. The third-order valence-electron chi connectivity index (χ3n) is 4.97. The molecule has 13 heteroatoms. The Morgan fingerprint density at radius 2 is 1.87 bits per heavy atom. The SMILES string of the molecule is CCOC(=O)Nc1ccn(C(=O)C(F)(F)[C@H](O)[C@H](O)CO[Si](C)(C)C(C)(C)C)c(=O)n1. The fourth-order valence-electron chi connectivity index (χ4n) is 2.03. The molecule has 0 spiro atoms. The first-order chi connectivity index (χ1) is 14.0. The number of nitrogens with one attached hydrogen (secondary N) is 1. The quantitative estimate of drug-likeness (QED) is 0.494. The van der Waals surface area contributed by atoms with Gasteiger partial charge in [0.25, 0.3) is 0 Å². The average Bonchev–Trinajstić information content (AvgIpc) is 2.64. The molecule has 0 fully saturated rings. The zero-order valence-corrected chi connectivity index (χ0v) is 19.3. The van der Waals surface area contributed by atoms with E-state index >= 15 is 0 Å². The first kappa shape index (κ1) is 26.8. The minimum absolute atomic E-state index is 0.0268. The summed E-state index contributed by atoms with van der Waals surface area (Å²) < 4.78 is 39.2. The van der Waals surface area contributed by atoms with E-state index in [9.17, 15) is 33.4 Å². The summed E-state index contributed by atoms with van der Waals surface area (Å²) in [6.07, 6.45) is -5.17. The van der Waals surface area contributed by atoms with Crippen molar-refractivity contribution in [2.24, 2.45) is 0 Å². The summed E-state index contributed by atoms with van der Waals surface area (Å²) in [7, 11) is -2.41. The maximum atomic E-state index is 14.5. The summed E-state index contributed by atoms with van der Waals surface area (Å²) >= 11 is 0. The molecule has 1 rings (SSSR count). The molecule has 0 saturated heterocycles. The molecule has 31 heavy (non-hydrogen) atoms. The van der Waals surface area contributed by atoms with Crippen LogP contribution in [0.1, 0.15) is 32.5 Å². The van der Waals surface area contributed by atoms with Crippen molar-refractivity contribution < 1.29 is 37.7 Å². The number of anilines is 1. The molecule has 0 aromatic carbocycles. The molecule has 10 nitrogen and oxygen atoms in total. The Balaban J connectivity index is 2.96. The fourth-order valence-corrected chi connectivity index (χ4v) is 3.05. The van der Waals surface area contributed by atoms with E-state index in [1.807, 2.05) is 33.9 Å². The van der Waals surface area contributed by atoms with Crippen molar-refractivity contribution >= 4 is 26.1 Å². The number of amides is 1. The Labute approximate surface area is 179 Å². The van der Waals surface area contributed by atoms with Crippen LogP contribution in [0.2, 0.25) is 18.1 Å². The molecule has 3 N–H and O–H groups in total. The predicted octanol–water partition coefficient (Wildman–Crippen LogP) is 1.83. The van der Waals surface area contributed by atoms with Gasteiger partial charge in [-0.05, 0) is 31.1 Å². The van der Waals surface area contributed by atoms with Crippen LogP contribution in [0, 0.1) is 0 Å². The standard InChI is InChI=1S/C18H29F2N3O7Si/c1-7-29-16(28)22-12-8-9-23(15(27)21-12)14(26)18(19,20)13(25)11(24)10-30-31(5,6)17(2,3)4/h8-9,11,13,24-25H,7,10H2,1-6H3,(H,21,22,27,28)/t11-,13-/m1/s1. The molecule has 0 aliphatic heterocycles. The van der Waals surface area contributed by atoms with Crippen LogP contribution in [-0.2, 0) is 9.16 Å². The van der Waals surface area contributed by atoms with Crippen LogP contribution in [0.15, 0.2) is 17.1 Å². The number of carbonyl (C=O) groups is 2. The number of hydrogen-bond acceptors (Lipinski definition) is 8. The van der Waals surface area contributed by atoms with Crippen LogP contribution in [0.25, 0.3) is 0 Å². The molecule has 0 unspecified atom stereocenters. The van der Waals surface area contributed by atoms with Crippen molar-refractivity contribution in [3.8, 4) is 0 Å². The second-order valence-electron chi connectivity index (χ2n) is 8.32. The highest BCUT2D eigenvalue weighted by Crippen LogP contribution is 2.37. The number of aliphatic hydroxyl groups excluding tert-OH is 2. The lowest BCUT2D eigenvalue weighted by Gasteiger charge is -2.37. The molecular formula is C18H29F2N3O7Si. The van der Waals surface area contributed by atoms with Gasteiger partial charge in [-0.1, -0.05) is 20.8 Å². The Kier molecular flexibility index (Phi) is 8.59. The molecule has 1 aromatic rings. The predicted molar refractivity (Wildman–Crippen MR) is 110 cm³/mol. The second kappa shape index (κ2) is 9.93. The van der Waals surface area contributed by atoms with Gasteiger partial charge in [0, 0.05) is 6.20 Å². The van der Waals surface area contributed by atoms with Gasteiger partial charge in [0.2, 0.25) is 0 Å². The largest absolute Gasteiger partial charge is 0.450 e.